The zero-order chi connectivity index (χ0) is 12.8. The van der Waals surface area contributed by atoms with Crippen LogP contribution in [0.2, 0.25) is 5.02 Å². The van der Waals surface area contributed by atoms with Crippen molar-refractivity contribution in [2.45, 2.75) is 6.42 Å². The van der Waals surface area contributed by atoms with E-state index in [9.17, 15) is 9.90 Å². The van der Waals surface area contributed by atoms with Crippen molar-refractivity contribution in [3.05, 3.63) is 33.3 Å². The zero-order valence-electron chi connectivity index (χ0n) is 8.62. The molecule has 6 heteroatoms. The highest BCUT2D eigenvalue weighted by Gasteiger charge is 2.08. The van der Waals surface area contributed by atoms with Gasteiger partial charge in [-0.3, -0.25) is 0 Å². The molecule has 0 aliphatic heterocycles. The number of hydrogen-bond donors (Lipinski definition) is 1. The van der Waals surface area contributed by atoms with Crippen LogP contribution in [0.3, 0.4) is 0 Å². The molecule has 0 saturated heterocycles. The number of hydrogen-bond acceptors (Lipinski definition) is 3. The Bertz CT molecular complexity index is 440. The van der Waals surface area contributed by atoms with Gasteiger partial charge in [0.15, 0.2) is 0 Å². The smallest absolute Gasteiger partial charge is 0.138 e. The number of benzene rings is 1. The van der Waals surface area contributed by atoms with Gasteiger partial charge in [0, 0.05) is 18.1 Å². The van der Waals surface area contributed by atoms with Crippen LogP contribution in [0.25, 0.3) is 0 Å². The molecule has 0 bridgehead atoms. The van der Waals surface area contributed by atoms with Crippen molar-refractivity contribution in [1.29, 1.82) is 0 Å². The summed E-state index contributed by atoms with van der Waals surface area (Å²) in [6.07, 6.45) is 2.20. The van der Waals surface area contributed by atoms with Crippen LogP contribution in [-0.2, 0) is 11.2 Å². The lowest BCUT2D eigenvalue weighted by Gasteiger charge is -2.08. The number of aldehydes is 1. The lowest BCUT2D eigenvalue weighted by Crippen LogP contribution is -1.96. The van der Waals surface area contributed by atoms with Gasteiger partial charge in [0.2, 0.25) is 0 Å². The molecule has 1 rings (SSSR count). The van der Waals surface area contributed by atoms with Crippen LogP contribution in [0.4, 0.5) is 0 Å². The quantitative estimate of drug-likeness (QED) is 0.846. The van der Waals surface area contributed by atoms with Crippen molar-refractivity contribution in [2.75, 3.05) is 6.61 Å². The van der Waals surface area contributed by atoms with Gasteiger partial charge in [0.05, 0.1) is 5.02 Å². The number of carbonyl (C=O) groups excluding carboxylic acids is 1. The molecule has 0 fully saturated rings. The van der Waals surface area contributed by atoms with E-state index in [1.165, 1.54) is 18.2 Å². The summed E-state index contributed by atoms with van der Waals surface area (Å²) in [6.45, 7) is 0.171. The number of aromatic hydroxyl groups is 1. The summed E-state index contributed by atoms with van der Waals surface area (Å²) < 4.78 is 5.38. The molecule has 0 aliphatic rings. The molecule has 0 atom stereocenters. The predicted octanol–water partition coefficient (Wildman–Crippen LogP) is 3.48. The molecule has 0 spiro atoms. The highest BCUT2D eigenvalue weighted by atomic mass is 35.5. The maximum absolute atomic E-state index is 10.4. The van der Waals surface area contributed by atoms with Gasteiger partial charge in [-0.15, -0.1) is 0 Å². The first-order valence-electron chi connectivity index (χ1n) is 4.63. The third kappa shape index (κ3) is 4.46. The summed E-state index contributed by atoms with van der Waals surface area (Å²) in [5.74, 6) is 0.313. The molecular formula is C11H9Cl3O3. The van der Waals surface area contributed by atoms with Crippen molar-refractivity contribution in [2.24, 2.45) is 0 Å². The second-order valence-electron chi connectivity index (χ2n) is 3.09. The average Bonchev–Trinajstić information content (AvgIpc) is 2.25. The lowest BCUT2D eigenvalue weighted by molar-refractivity contribution is -0.107. The summed E-state index contributed by atoms with van der Waals surface area (Å²) in [5.41, 5.74) is 0.406. The van der Waals surface area contributed by atoms with E-state index < -0.39 is 0 Å². The van der Waals surface area contributed by atoms with Gasteiger partial charge < -0.3 is 14.6 Å². The van der Waals surface area contributed by atoms with Gasteiger partial charge >= 0.3 is 0 Å². The van der Waals surface area contributed by atoms with Crippen molar-refractivity contribution in [1.82, 2.24) is 0 Å². The number of ether oxygens (including phenoxy) is 1. The number of carbonyl (C=O) groups is 1. The molecule has 0 unspecified atom stereocenters. The van der Waals surface area contributed by atoms with Gasteiger partial charge in [-0.2, -0.15) is 0 Å². The SMILES string of the molecule is O=CCc1cc(OCC=C(Cl)Cl)cc(Cl)c1O. The fourth-order valence-corrected chi connectivity index (χ4v) is 1.51. The Morgan fingerprint density at radius 3 is 2.71 bits per heavy atom. The van der Waals surface area contributed by atoms with Gasteiger partial charge in [0.1, 0.15) is 28.9 Å². The molecule has 17 heavy (non-hydrogen) atoms. The van der Waals surface area contributed by atoms with Gasteiger partial charge in [-0.1, -0.05) is 34.8 Å². The van der Waals surface area contributed by atoms with Crippen molar-refractivity contribution >= 4 is 41.1 Å². The predicted molar refractivity (Wildman–Crippen MR) is 68.2 cm³/mol. The molecule has 0 saturated carbocycles. The largest absolute Gasteiger partial charge is 0.506 e. The fourth-order valence-electron chi connectivity index (χ4n) is 1.16. The fraction of sp³-hybridized carbons (Fsp3) is 0.182. The second kappa shape index (κ2) is 6.74. The molecule has 1 N–H and O–H groups in total. The Morgan fingerprint density at radius 1 is 1.41 bits per heavy atom. The zero-order valence-corrected chi connectivity index (χ0v) is 10.9. The van der Waals surface area contributed by atoms with E-state index in [1.54, 1.807) is 0 Å². The van der Waals surface area contributed by atoms with Gasteiger partial charge in [-0.05, 0) is 12.1 Å². The lowest BCUT2D eigenvalue weighted by atomic mass is 10.1. The van der Waals surface area contributed by atoms with E-state index in [2.05, 4.69) is 0 Å². The first kappa shape index (κ1) is 14.2. The number of rotatable bonds is 5. The molecule has 1 aromatic carbocycles. The second-order valence-corrected chi connectivity index (χ2v) is 4.50. The first-order valence-corrected chi connectivity index (χ1v) is 5.77. The summed E-state index contributed by atoms with van der Waals surface area (Å²) in [4.78, 5) is 10.4. The minimum atomic E-state index is -0.114. The minimum Gasteiger partial charge on any atom is -0.506 e. The molecule has 3 nitrogen and oxygen atoms in total. The Balaban J connectivity index is 2.86. The Labute approximate surface area is 114 Å². The highest BCUT2D eigenvalue weighted by molar-refractivity contribution is 6.55. The Hall–Kier alpha value is -0.900. The number of phenolic OH excluding ortho intramolecular Hbond substituents is 1. The van der Waals surface area contributed by atoms with Crippen LogP contribution in [-0.4, -0.2) is 18.0 Å². The van der Waals surface area contributed by atoms with Crippen molar-refractivity contribution in [3.63, 3.8) is 0 Å². The van der Waals surface area contributed by atoms with E-state index in [-0.39, 0.29) is 28.3 Å². The molecule has 0 heterocycles. The highest BCUT2D eigenvalue weighted by Crippen LogP contribution is 2.32. The number of halogens is 3. The van der Waals surface area contributed by atoms with E-state index in [1.807, 2.05) is 0 Å². The van der Waals surface area contributed by atoms with Crippen LogP contribution >= 0.6 is 34.8 Å². The normalized spacial score (nSPS) is 9.82. The van der Waals surface area contributed by atoms with Crippen LogP contribution < -0.4 is 4.74 Å². The maximum Gasteiger partial charge on any atom is 0.138 e. The monoisotopic (exact) mass is 294 g/mol. The topological polar surface area (TPSA) is 46.5 Å². The molecule has 0 amide bonds. The van der Waals surface area contributed by atoms with E-state index in [0.717, 1.165) is 0 Å². The molecule has 0 radical (unpaired) electrons. The molecule has 0 aliphatic carbocycles. The van der Waals surface area contributed by atoms with Crippen LogP contribution in [0.1, 0.15) is 5.56 Å². The molecular weight excluding hydrogens is 286 g/mol. The molecule has 0 aromatic heterocycles. The van der Waals surface area contributed by atoms with Crippen molar-refractivity contribution < 1.29 is 14.6 Å². The standard InChI is InChI=1S/C11H9Cl3O3/c12-9-6-8(17-4-2-10(13)14)5-7(1-3-15)11(9)16/h2-3,5-6,16H,1,4H2. The average molecular weight is 296 g/mol. The summed E-state index contributed by atoms with van der Waals surface area (Å²) >= 11 is 16.6. The van der Waals surface area contributed by atoms with Crippen LogP contribution in [0.15, 0.2) is 22.7 Å². The van der Waals surface area contributed by atoms with E-state index in [0.29, 0.717) is 17.6 Å². The summed E-state index contributed by atoms with van der Waals surface area (Å²) in [7, 11) is 0. The third-order valence-corrected chi connectivity index (χ3v) is 2.50. The third-order valence-electron chi connectivity index (χ3n) is 1.91. The van der Waals surface area contributed by atoms with Crippen LogP contribution in [0.5, 0.6) is 11.5 Å². The summed E-state index contributed by atoms with van der Waals surface area (Å²) in [6, 6.07) is 2.98. The minimum absolute atomic E-state index is 0.0643. The van der Waals surface area contributed by atoms with Gasteiger partial charge in [0.25, 0.3) is 0 Å². The Morgan fingerprint density at radius 2 is 2.12 bits per heavy atom. The van der Waals surface area contributed by atoms with E-state index >= 15 is 0 Å². The summed E-state index contributed by atoms with van der Waals surface area (Å²) in [5, 5.41) is 9.69. The molecule has 92 valence electrons. The van der Waals surface area contributed by atoms with Crippen LogP contribution in [0, 0.1) is 0 Å². The van der Waals surface area contributed by atoms with Crippen molar-refractivity contribution in [3.8, 4) is 11.5 Å². The van der Waals surface area contributed by atoms with E-state index in [4.69, 9.17) is 39.5 Å². The molecule has 1 aromatic rings. The first-order chi connectivity index (χ1) is 8.04. The number of phenols is 1. The van der Waals surface area contributed by atoms with Gasteiger partial charge in [-0.25, -0.2) is 0 Å². The maximum atomic E-state index is 10.4. The Kier molecular flexibility index (Phi) is 5.62.